The molecule has 0 spiro atoms. The van der Waals surface area contributed by atoms with Gasteiger partial charge < -0.3 is 0 Å². The van der Waals surface area contributed by atoms with Crippen LogP contribution in [0.5, 0.6) is 0 Å². The van der Waals surface area contributed by atoms with Crippen LogP contribution in [-0.2, 0) is 6.42 Å². The number of benzene rings is 1. The summed E-state index contributed by atoms with van der Waals surface area (Å²) in [5.74, 6) is 1.09. The van der Waals surface area contributed by atoms with Gasteiger partial charge in [-0.05, 0) is 42.9 Å². The van der Waals surface area contributed by atoms with Crippen LogP contribution < -0.4 is 5.43 Å². The van der Waals surface area contributed by atoms with Gasteiger partial charge >= 0.3 is 0 Å². The van der Waals surface area contributed by atoms with E-state index in [1.165, 1.54) is 5.56 Å². The van der Waals surface area contributed by atoms with Crippen molar-refractivity contribution in [3.8, 4) is 0 Å². The number of hydrogen-bond acceptors (Lipinski definition) is 2. The maximum atomic E-state index is 11.9. The monoisotopic (exact) mass is 254 g/mol. The van der Waals surface area contributed by atoms with Crippen LogP contribution in [0, 0.1) is 11.8 Å². The Morgan fingerprint density at radius 3 is 2.84 bits per heavy atom. The standard InChI is InChI=1S/C16H18N2O/c1-2-11-6-8-12(9-7-11)16(19)18-17-15-10-13-4-3-5-14(13)15/h3-4,6-9,13-14H,2,5,10H2,1H3,(H,18,19)/b17-15-/t13-,14+/m0/s1. The molecule has 0 aliphatic heterocycles. The van der Waals surface area contributed by atoms with Gasteiger partial charge in [-0.15, -0.1) is 0 Å². The molecular weight excluding hydrogens is 236 g/mol. The van der Waals surface area contributed by atoms with Gasteiger partial charge in [-0.3, -0.25) is 4.79 Å². The molecular formula is C16H18N2O. The van der Waals surface area contributed by atoms with E-state index in [1.807, 2.05) is 24.3 Å². The number of hydrazone groups is 1. The van der Waals surface area contributed by atoms with E-state index < -0.39 is 0 Å². The Labute approximate surface area is 113 Å². The molecule has 1 aromatic rings. The maximum absolute atomic E-state index is 11.9. The second kappa shape index (κ2) is 5.00. The zero-order valence-corrected chi connectivity index (χ0v) is 11.1. The summed E-state index contributed by atoms with van der Waals surface area (Å²) in [6.07, 6.45) is 7.53. The predicted octanol–water partition coefficient (Wildman–Crippen LogP) is 2.93. The molecule has 1 fully saturated rings. The van der Waals surface area contributed by atoms with Crippen LogP contribution in [0.15, 0.2) is 41.5 Å². The van der Waals surface area contributed by atoms with Crippen molar-refractivity contribution >= 4 is 11.6 Å². The van der Waals surface area contributed by atoms with E-state index in [2.05, 4.69) is 29.6 Å². The third kappa shape index (κ3) is 2.33. The molecule has 0 aromatic heterocycles. The fourth-order valence-electron chi connectivity index (χ4n) is 2.74. The highest BCUT2D eigenvalue weighted by molar-refractivity contribution is 5.98. The van der Waals surface area contributed by atoms with Crippen LogP contribution in [-0.4, -0.2) is 11.6 Å². The summed E-state index contributed by atoms with van der Waals surface area (Å²) in [6.45, 7) is 2.10. The van der Waals surface area contributed by atoms with Gasteiger partial charge in [0.1, 0.15) is 0 Å². The lowest BCUT2D eigenvalue weighted by Crippen LogP contribution is -2.35. The Hall–Kier alpha value is -1.90. The summed E-state index contributed by atoms with van der Waals surface area (Å²) < 4.78 is 0. The Morgan fingerprint density at radius 1 is 1.37 bits per heavy atom. The van der Waals surface area contributed by atoms with Gasteiger partial charge in [-0.2, -0.15) is 5.10 Å². The molecule has 98 valence electrons. The number of nitrogens with zero attached hydrogens (tertiary/aromatic N) is 1. The Morgan fingerprint density at radius 2 is 2.16 bits per heavy atom. The van der Waals surface area contributed by atoms with E-state index in [4.69, 9.17) is 0 Å². The summed E-state index contributed by atoms with van der Waals surface area (Å²) >= 11 is 0. The van der Waals surface area contributed by atoms with Crippen molar-refractivity contribution in [2.75, 3.05) is 0 Å². The van der Waals surface area contributed by atoms with Crippen LogP contribution in [0.4, 0.5) is 0 Å². The van der Waals surface area contributed by atoms with Crippen LogP contribution in [0.2, 0.25) is 0 Å². The van der Waals surface area contributed by atoms with Crippen molar-refractivity contribution in [3.63, 3.8) is 0 Å². The number of fused-ring (bicyclic) bond motifs is 1. The van der Waals surface area contributed by atoms with Gasteiger partial charge in [0.15, 0.2) is 0 Å². The molecule has 1 aromatic carbocycles. The summed E-state index contributed by atoms with van der Waals surface area (Å²) in [5, 5.41) is 4.27. The molecule has 0 bridgehead atoms. The quantitative estimate of drug-likeness (QED) is 0.654. The van der Waals surface area contributed by atoms with Crippen LogP contribution in [0.25, 0.3) is 0 Å². The lowest BCUT2D eigenvalue weighted by atomic mass is 9.74. The number of rotatable bonds is 3. The molecule has 2 aliphatic rings. The van der Waals surface area contributed by atoms with Crippen LogP contribution in [0.1, 0.15) is 35.7 Å². The molecule has 0 heterocycles. The highest BCUT2D eigenvalue weighted by Crippen LogP contribution is 2.40. The van der Waals surface area contributed by atoms with E-state index >= 15 is 0 Å². The number of aryl methyl sites for hydroxylation is 1. The summed E-state index contributed by atoms with van der Waals surface area (Å²) in [6, 6.07) is 7.69. The first-order valence-electron chi connectivity index (χ1n) is 6.90. The fourth-order valence-corrected chi connectivity index (χ4v) is 2.74. The molecule has 1 N–H and O–H groups in total. The first kappa shape index (κ1) is 12.2. The Bertz CT molecular complexity index is 542. The Kier molecular flexibility index (Phi) is 3.20. The summed E-state index contributed by atoms with van der Waals surface area (Å²) in [7, 11) is 0. The average Bonchev–Trinajstić information content (AvgIpc) is 2.80. The topological polar surface area (TPSA) is 41.5 Å². The van der Waals surface area contributed by atoms with Gasteiger partial charge in [0.2, 0.25) is 0 Å². The van der Waals surface area contributed by atoms with Gasteiger partial charge in [0.05, 0.1) is 0 Å². The summed E-state index contributed by atoms with van der Waals surface area (Å²) in [4.78, 5) is 11.9. The van der Waals surface area contributed by atoms with Crippen molar-refractivity contribution in [2.45, 2.75) is 26.2 Å². The third-order valence-electron chi connectivity index (χ3n) is 4.09. The minimum Gasteiger partial charge on any atom is -0.267 e. The van der Waals surface area contributed by atoms with Gasteiger partial charge in [0, 0.05) is 17.2 Å². The zero-order chi connectivity index (χ0) is 13.2. The molecule has 1 saturated carbocycles. The largest absolute Gasteiger partial charge is 0.271 e. The SMILES string of the molecule is CCc1ccc(C(=O)N/N=C2/C[C@@H]3C=CC[C@@H]23)cc1. The number of hydrogen-bond donors (Lipinski definition) is 1. The van der Waals surface area contributed by atoms with Crippen molar-refractivity contribution in [1.29, 1.82) is 0 Å². The van der Waals surface area contributed by atoms with Crippen molar-refractivity contribution in [1.82, 2.24) is 5.43 Å². The summed E-state index contributed by atoms with van der Waals surface area (Å²) in [5.41, 5.74) is 5.71. The van der Waals surface area contributed by atoms with Crippen molar-refractivity contribution in [3.05, 3.63) is 47.5 Å². The average molecular weight is 254 g/mol. The van der Waals surface area contributed by atoms with E-state index in [0.717, 1.165) is 25.0 Å². The number of carbonyl (C=O) groups excluding carboxylic acids is 1. The normalized spacial score (nSPS) is 26.1. The van der Waals surface area contributed by atoms with Crippen molar-refractivity contribution in [2.24, 2.45) is 16.9 Å². The smallest absolute Gasteiger partial charge is 0.267 e. The number of allylic oxidation sites excluding steroid dienone is 2. The molecule has 3 rings (SSSR count). The van der Waals surface area contributed by atoms with Crippen molar-refractivity contribution < 1.29 is 4.79 Å². The van der Waals surface area contributed by atoms with Crippen LogP contribution in [0.3, 0.4) is 0 Å². The predicted molar refractivity (Wildman–Crippen MR) is 76.1 cm³/mol. The molecule has 2 aliphatic carbocycles. The lowest BCUT2D eigenvalue weighted by Gasteiger charge is -2.31. The molecule has 19 heavy (non-hydrogen) atoms. The molecule has 1 amide bonds. The maximum Gasteiger partial charge on any atom is 0.271 e. The Balaban J connectivity index is 1.60. The molecule has 3 nitrogen and oxygen atoms in total. The van der Waals surface area contributed by atoms with E-state index in [0.29, 0.717) is 17.4 Å². The highest BCUT2D eigenvalue weighted by Gasteiger charge is 2.37. The van der Waals surface area contributed by atoms with E-state index in [1.54, 1.807) is 0 Å². The van der Waals surface area contributed by atoms with Crippen LogP contribution >= 0.6 is 0 Å². The minimum atomic E-state index is -0.121. The molecule has 2 atom stereocenters. The first-order valence-corrected chi connectivity index (χ1v) is 6.90. The number of nitrogens with one attached hydrogen (secondary N) is 1. The molecule has 0 unspecified atom stereocenters. The number of carbonyl (C=O) groups is 1. The molecule has 3 heteroatoms. The second-order valence-electron chi connectivity index (χ2n) is 5.23. The second-order valence-corrected chi connectivity index (χ2v) is 5.23. The lowest BCUT2D eigenvalue weighted by molar-refractivity contribution is 0.0954. The zero-order valence-electron chi connectivity index (χ0n) is 11.1. The first-order chi connectivity index (χ1) is 9.28. The highest BCUT2D eigenvalue weighted by atomic mass is 16.2. The fraction of sp³-hybridized carbons (Fsp3) is 0.375. The molecule has 0 radical (unpaired) electrons. The third-order valence-corrected chi connectivity index (χ3v) is 4.09. The minimum absolute atomic E-state index is 0.121. The molecule has 0 saturated heterocycles. The van der Waals surface area contributed by atoms with Gasteiger partial charge in [-0.25, -0.2) is 5.43 Å². The van der Waals surface area contributed by atoms with Gasteiger partial charge in [0.25, 0.3) is 5.91 Å². The van der Waals surface area contributed by atoms with Gasteiger partial charge in [-0.1, -0.05) is 31.2 Å². The van der Waals surface area contributed by atoms with E-state index in [9.17, 15) is 4.79 Å². The van der Waals surface area contributed by atoms with E-state index in [-0.39, 0.29) is 5.91 Å². The number of amides is 1.